The Labute approximate surface area is 164 Å². The molecule has 6 nitrogen and oxygen atoms in total. The van der Waals surface area contributed by atoms with E-state index in [9.17, 15) is 4.79 Å². The number of aromatic nitrogens is 2. The standard InChI is InChI=1S/C22H25N3O3/c26-22(24-11-3-5-16(14-24)25-12-4-10-23-25)15-27-17-8-9-21-19(13-17)18-6-1-2-7-20(18)28-21/h4,8-10,12-13,16H,1-3,5-7,11,14-15H2. The lowest BCUT2D eigenvalue weighted by Gasteiger charge is -2.32. The van der Waals surface area contributed by atoms with Gasteiger partial charge in [-0.1, -0.05) is 0 Å². The number of nitrogens with zero attached hydrogens (tertiary/aromatic N) is 3. The predicted molar refractivity (Wildman–Crippen MR) is 105 cm³/mol. The number of hydrogen-bond acceptors (Lipinski definition) is 4. The Hall–Kier alpha value is -2.76. The lowest BCUT2D eigenvalue weighted by molar-refractivity contribution is -0.135. The lowest BCUT2D eigenvalue weighted by Crippen LogP contribution is -2.43. The summed E-state index contributed by atoms with van der Waals surface area (Å²) in [5.41, 5.74) is 2.24. The number of likely N-dealkylation sites (tertiary alicyclic amines) is 1. The molecule has 146 valence electrons. The third-order valence-electron chi connectivity index (χ3n) is 5.94. The number of piperidine rings is 1. The number of hydrogen-bond donors (Lipinski definition) is 0. The summed E-state index contributed by atoms with van der Waals surface area (Å²) in [5.74, 6) is 1.88. The van der Waals surface area contributed by atoms with Crippen LogP contribution in [-0.2, 0) is 17.6 Å². The van der Waals surface area contributed by atoms with Gasteiger partial charge in [0.25, 0.3) is 5.91 Å². The second-order valence-electron chi connectivity index (χ2n) is 7.78. The molecule has 1 atom stereocenters. The Morgan fingerprint density at radius 3 is 3.07 bits per heavy atom. The quantitative estimate of drug-likeness (QED) is 0.693. The van der Waals surface area contributed by atoms with Gasteiger partial charge in [-0.15, -0.1) is 0 Å². The number of amides is 1. The van der Waals surface area contributed by atoms with Gasteiger partial charge in [0.2, 0.25) is 0 Å². The van der Waals surface area contributed by atoms with Crippen LogP contribution in [0, 0.1) is 0 Å². The molecule has 1 unspecified atom stereocenters. The van der Waals surface area contributed by atoms with Crippen molar-refractivity contribution in [3.05, 3.63) is 48.0 Å². The average Bonchev–Trinajstić information content (AvgIpc) is 3.40. The van der Waals surface area contributed by atoms with Gasteiger partial charge < -0.3 is 14.1 Å². The highest BCUT2D eigenvalue weighted by atomic mass is 16.5. The highest BCUT2D eigenvalue weighted by Crippen LogP contribution is 2.34. The molecule has 1 fully saturated rings. The largest absolute Gasteiger partial charge is 0.484 e. The monoisotopic (exact) mass is 379 g/mol. The van der Waals surface area contributed by atoms with Crippen molar-refractivity contribution in [2.45, 2.75) is 44.6 Å². The first kappa shape index (κ1) is 17.3. The van der Waals surface area contributed by atoms with E-state index in [2.05, 4.69) is 5.10 Å². The molecule has 3 heterocycles. The zero-order valence-electron chi connectivity index (χ0n) is 16.0. The fraction of sp³-hybridized carbons (Fsp3) is 0.455. The molecule has 2 aliphatic rings. The van der Waals surface area contributed by atoms with Crippen molar-refractivity contribution in [3.63, 3.8) is 0 Å². The minimum Gasteiger partial charge on any atom is -0.484 e. The molecule has 5 rings (SSSR count). The molecular weight excluding hydrogens is 354 g/mol. The van der Waals surface area contributed by atoms with Gasteiger partial charge in [-0.25, -0.2) is 0 Å². The van der Waals surface area contributed by atoms with Gasteiger partial charge in [-0.3, -0.25) is 9.48 Å². The third-order valence-corrected chi connectivity index (χ3v) is 5.94. The van der Waals surface area contributed by atoms with E-state index >= 15 is 0 Å². The van der Waals surface area contributed by atoms with Crippen LogP contribution in [0.25, 0.3) is 11.0 Å². The molecule has 0 spiro atoms. The number of aryl methyl sites for hydroxylation is 2. The number of ether oxygens (including phenoxy) is 1. The van der Waals surface area contributed by atoms with E-state index in [0.717, 1.165) is 54.7 Å². The zero-order chi connectivity index (χ0) is 18.9. The van der Waals surface area contributed by atoms with Crippen LogP contribution < -0.4 is 4.74 Å². The topological polar surface area (TPSA) is 60.5 Å². The fourth-order valence-electron chi connectivity index (χ4n) is 4.46. The molecule has 1 amide bonds. The summed E-state index contributed by atoms with van der Waals surface area (Å²) < 4.78 is 13.8. The van der Waals surface area contributed by atoms with Crippen LogP contribution in [0.15, 0.2) is 41.1 Å². The van der Waals surface area contributed by atoms with E-state index in [4.69, 9.17) is 9.15 Å². The molecule has 0 radical (unpaired) electrons. The van der Waals surface area contributed by atoms with E-state index < -0.39 is 0 Å². The van der Waals surface area contributed by atoms with Crippen LogP contribution >= 0.6 is 0 Å². The number of carbonyl (C=O) groups is 1. The van der Waals surface area contributed by atoms with Crippen LogP contribution in [0.2, 0.25) is 0 Å². The van der Waals surface area contributed by atoms with Gasteiger partial charge in [0.15, 0.2) is 6.61 Å². The lowest BCUT2D eigenvalue weighted by atomic mass is 9.96. The van der Waals surface area contributed by atoms with Crippen molar-refractivity contribution >= 4 is 16.9 Å². The van der Waals surface area contributed by atoms with Crippen molar-refractivity contribution in [1.82, 2.24) is 14.7 Å². The van der Waals surface area contributed by atoms with Gasteiger partial charge in [0.05, 0.1) is 6.04 Å². The molecule has 28 heavy (non-hydrogen) atoms. The molecule has 1 aliphatic heterocycles. The van der Waals surface area contributed by atoms with E-state index in [1.54, 1.807) is 6.20 Å². The van der Waals surface area contributed by atoms with Crippen molar-refractivity contribution in [3.8, 4) is 5.75 Å². The maximum atomic E-state index is 12.7. The van der Waals surface area contributed by atoms with Gasteiger partial charge in [-0.2, -0.15) is 5.10 Å². The Balaban J connectivity index is 1.25. The predicted octanol–water partition coefficient (Wildman–Crippen LogP) is 3.75. The first-order valence-corrected chi connectivity index (χ1v) is 10.2. The smallest absolute Gasteiger partial charge is 0.260 e. The van der Waals surface area contributed by atoms with Crippen LogP contribution in [-0.4, -0.2) is 40.3 Å². The molecule has 3 aromatic rings. The summed E-state index contributed by atoms with van der Waals surface area (Å²) in [5, 5.41) is 5.46. The Bertz CT molecular complexity index is 976. The summed E-state index contributed by atoms with van der Waals surface area (Å²) in [6.45, 7) is 1.55. The van der Waals surface area contributed by atoms with Crippen molar-refractivity contribution in [2.75, 3.05) is 19.7 Å². The summed E-state index contributed by atoms with van der Waals surface area (Å²) >= 11 is 0. The second kappa shape index (κ2) is 7.34. The molecule has 1 saturated heterocycles. The highest BCUT2D eigenvalue weighted by molar-refractivity contribution is 5.84. The molecular formula is C22H25N3O3. The molecule has 2 aromatic heterocycles. The molecule has 6 heteroatoms. The number of fused-ring (bicyclic) bond motifs is 3. The Morgan fingerprint density at radius 1 is 1.25 bits per heavy atom. The summed E-state index contributed by atoms with van der Waals surface area (Å²) in [4.78, 5) is 14.6. The van der Waals surface area contributed by atoms with Crippen molar-refractivity contribution in [1.29, 1.82) is 0 Å². The second-order valence-corrected chi connectivity index (χ2v) is 7.78. The number of furan rings is 1. The summed E-state index contributed by atoms with van der Waals surface area (Å²) in [6, 6.07) is 8.06. The normalized spacial score (nSPS) is 19.6. The van der Waals surface area contributed by atoms with E-state index in [0.29, 0.717) is 6.54 Å². The van der Waals surface area contributed by atoms with E-state index in [1.165, 1.54) is 18.4 Å². The van der Waals surface area contributed by atoms with Gasteiger partial charge >= 0.3 is 0 Å². The van der Waals surface area contributed by atoms with E-state index in [1.807, 2.05) is 40.0 Å². The summed E-state index contributed by atoms with van der Waals surface area (Å²) in [7, 11) is 0. The summed E-state index contributed by atoms with van der Waals surface area (Å²) in [6.07, 6.45) is 10.3. The molecule has 0 N–H and O–H groups in total. The number of carbonyl (C=O) groups excluding carboxylic acids is 1. The minimum absolute atomic E-state index is 0.0335. The Kier molecular flexibility index (Phi) is 4.55. The van der Waals surface area contributed by atoms with Crippen molar-refractivity contribution in [2.24, 2.45) is 0 Å². The van der Waals surface area contributed by atoms with E-state index in [-0.39, 0.29) is 18.6 Å². The van der Waals surface area contributed by atoms with Crippen LogP contribution in [0.4, 0.5) is 0 Å². The molecule has 1 aliphatic carbocycles. The number of rotatable bonds is 4. The van der Waals surface area contributed by atoms with Crippen molar-refractivity contribution < 1.29 is 13.9 Å². The first-order valence-electron chi connectivity index (χ1n) is 10.2. The zero-order valence-corrected chi connectivity index (χ0v) is 16.0. The third kappa shape index (κ3) is 3.28. The molecule has 1 aromatic carbocycles. The van der Waals surface area contributed by atoms with Gasteiger partial charge in [-0.05, 0) is 56.4 Å². The SMILES string of the molecule is O=C(COc1ccc2oc3c(c2c1)CCCC3)N1CCCC(n2cccn2)C1. The highest BCUT2D eigenvalue weighted by Gasteiger charge is 2.25. The maximum Gasteiger partial charge on any atom is 0.260 e. The van der Waals surface area contributed by atoms with Crippen LogP contribution in [0.3, 0.4) is 0 Å². The van der Waals surface area contributed by atoms with Gasteiger partial charge in [0.1, 0.15) is 17.1 Å². The Morgan fingerprint density at radius 2 is 2.18 bits per heavy atom. The minimum atomic E-state index is 0.0335. The average molecular weight is 379 g/mol. The van der Waals surface area contributed by atoms with Crippen LogP contribution in [0.1, 0.15) is 43.0 Å². The fourth-order valence-corrected chi connectivity index (χ4v) is 4.46. The first-order chi connectivity index (χ1) is 13.8. The number of benzene rings is 1. The molecule has 0 saturated carbocycles. The van der Waals surface area contributed by atoms with Crippen LogP contribution in [0.5, 0.6) is 5.75 Å². The molecule has 0 bridgehead atoms. The van der Waals surface area contributed by atoms with Gasteiger partial charge in [0, 0.05) is 42.9 Å². The maximum absolute atomic E-state index is 12.7.